The van der Waals surface area contributed by atoms with E-state index in [1.807, 2.05) is 12.1 Å². The number of amides is 1. The lowest BCUT2D eigenvalue weighted by Crippen LogP contribution is -2.76. The van der Waals surface area contributed by atoms with E-state index in [1.54, 1.807) is 19.2 Å². The Kier molecular flexibility index (Phi) is 4.98. The fourth-order valence-electron chi connectivity index (χ4n) is 4.83. The Morgan fingerprint density at radius 3 is 2.78 bits per heavy atom. The van der Waals surface area contributed by atoms with Gasteiger partial charge in [0.05, 0.1) is 22.3 Å². The number of hydrogen-bond acceptors (Lipinski definition) is 5. The lowest BCUT2D eigenvalue weighted by molar-refractivity contribution is -0.122. The second-order valence-electron chi connectivity index (χ2n) is 8.79. The highest BCUT2D eigenvalue weighted by Gasteiger charge is 2.52. The Labute approximate surface area is 189 Å². The number of carbonyl (C=O) groups excluding carboxylic acids is 1. The summed E-state index contributed by atoms with van der Waals surface area (Å²) in [5, 5.41) is 7.29. The predicted molar refractivity (Wildman–Crippen MR) is 120 cm³/mol. The molecule has 5 rings (SSSR count). The molecule has 8 nitrogen and oxygen atoms in total. The fourth-order valence-corrected chi connectivity index (χ4v) is 4.95. The van der Waals surface area contributed by atoms with Crippen LogP contribution < -0.4 is 15.9 Å². The SMILES string of the molecule is C[C@H](NC(=O)Cn1nc2c(N3CCC34CN(C)C4)cccn2c1=O)c1ccc(Cl)c(F)c1. The van der Waals surface area contributed by atoms with Crippen molar-refractivity contribution in [2.24, 2.45) is 0 Å². The molecule has 2 fully saturated rings. The highest BCUT2D eigenvalue weighted by molar-refractivity contribution is 6.30. The average molecular weight is 459 g/mol. The molecule has 0 bridgehead atoms. The minimum atomic E-state index is -0.546. The maximum Gasteiger partial charge on any atom is 0.350 e. The van der Waals surface area contributed by atoms with Crippen molar-refractivity contribution in [2.45, 2.75) is 31.5 Å². The Bertz CT molecular complexity index is 1270. The Balaban J connectivity index is 1.36. The van der Waals surface area contributed by atoms with Crippen LogP contribution in [-0.4, -0.2) is 57.2 Å². The number of nitrogens with zero attached hydrogens (tertiary/aromatic N) is 5. The largest absolute Gasteiger partial charge is 0.360 e. The van der Waals surface area contributed by atoms with E-state index in [-0.39, 0.29) is 28.7 Å². The lowest BCUT2D eigenvalue weighted by atomic mass is 9.77. The highest BCUT2D eigenvalue weighted by atomic mass is 35.5. The van der Waals surface area contributed by atoms with Gasteiger partial charge in [-0.1, -0.05) is 17.7 Å². The summed E-state index contributed by atoms with van der Waals surface area (Å²) in [6.45, 7) is 4.41. The van der Waals surface area contributed by atoms with Crippen LogP contribution in [0.5, 0.6) is 0 Å². The minimum Gasteiger partial charge on any atom is -0.360 e. The quantitative estimate of drug-likeness (QED) is 0.633. The van der Waals surface area contributed by atoms with Crippen LogP contribution in [0, 0.1) is 5.82 Å². The molecule has 0 unspecified atom stereocenters. The fraction of sp³-hybridized carbons (Fsp3) is 0.409. The summed E-state index contributed by atoms with van der Waals surface area (Å²) in [7, 11) is 2.10. The normalized spacial score (nSPS) is 18.4. The number of rotatable bonds is 5. The number of fused-ring (bicyclic) bond motifs is 1. The number of hydrogen-bond donors (Lipinski definition) is 1. The molecule has 1 N–H and O–H groups in total. The molecule has 2 saturated heterocycles. The molecule has 1 amide bonds. The molecule has 3 aromatic rings. The summed E-state index contributed by atoms with van der Waals surface area (Å²) < 4.78 is 16.4. The molecule has 4 heterocycles. The summed E-state index contributed by atoms with van der Waals surface area (Å²) in [5.41, 5.74) is 1.79. The van der Waals surface area contributed by atoms with Crippen molar-refractivity contribution in [1.29, 1.82) is 0 Å². The van der Waals surface area contributed by atoms with E-state index in [0.717, 1.165) is 31.7 Å². The van der Waals surface area contributed by atoms with Crippen LogP contribution in [0.3, 0.4) is 0 Å². The number of carbonyl (C=O) groups is 1. The van der Waals surface area contributed by atoms with Crippen LogP contribution in [0.15, 0.2) is 41.3 Å². The van der Waals surface area contributed by atoms with Crippen LogP contribution >= 0.6 is 11.6 Å². The molecular formula is C22H24ClFN6O2. The van der Waals surface area contributed by atoms with Crippen LogP contribution in [-0.2, 0) is 11.3 Å². The maximum absolute atomic E-state index is 13.7. The molecule has 168 valence electrons. The average Bonchev–Trinajstić information content (AvgIpc) is 3.03. The number of pyridine rings is 1. The van der Waals surface area contributed by atoms with E-state index in [9.17, 15) is 14.0 Å². The van der Waals surface area contributed by atoms with Crippen LogP contribution in [0.4, 0.5) is 10.1 Å². The first-order valence-corrected chi connectivity index (χ1v) is 10.9. The van der Waals surface area contributed by atoms with Gasteiger partial charge in [0.15, 0.2) is 5.65 Å². The predicted octanol–water partition coefficient (Wildman–Crippen LogP) is 2.06. The zero-order chi connectivity index (χ0) is 22.6. The molecule has 1 aromatic carbocycles. The molecule has 32 heavy (non-hydrogen) atoms. The third kappa shape index (κ3) is 3.36. The second-order valence-corrected chi connectivity index (χ2v) is 9.20. The summed E-state index contributed by atoms with van der Waals surface area (Å²) in [6.07, 6.45) is 2.79. The highest BCUT2D eigenvalue weighted by Crippen LogP contribution is 2.42. The molecule has 0 saturated carbocycles. The number of aromatic nitrogens is 3. The van der Waals surface area contributed by atoms with Gasteiger partial charge in [0.1, 0.15) is 12.4 Å². The molecule has 10 heteroatoms. The Morgan fingerprint density at radius 1 is 1.34 bits per heavy atom. The molecule has 1 spiro atoms. The maximum atomic E-state index is 13.7. The molecule has 2 aliphatic heterocycles. The molecule has 2 aromatic heterocycles. The van der Waals surface area contributed by atoms with Gasteiger partial charge in [0.25, 0.3) is 0 Å². The van der Waals surface area contributed by atoms with Gasteiger partial charge < -0.3 is 15.1 Å². The van der Waals surface area contributed by atoms with E-state index < -0.39 is 11.9 Å². The molecule has 0 radical (unpaired) electrons. The van der Waals surface area contributed by atoms with Crippen molar-refractivity contribution < 1.29 is 9.18 Å². The third-order valence-corrected chi connectivity index (χ3v) is 6.80. The summed E-state index contributed by atoms with van der Waals surface area (Å²) >= 11 is 5.72. The van der Waals surface area contributed by atoms with Gasteiger partial charge >= 0.3 is 5.69 Å². The van der Waals surface area contributed by atoms with Crippen LogP contribution in [0.1, 0.15) is 24.9 Å². The molecule has 2 aliphatic rings. The van der Waals surface area contributed by atoms with Crippen molar-refractivity contribution >= 4 is 28.8 Å². The number of likely N-dealkylation sites (tertiary alicyclic amines) is 1. The summed E-state index contributed by atoms with van der Waals surface area (Å²) in [4.78, 5) is 30.1. The number of halogens is 2. The van der Waals surface area contributed by atoms with Crippen LogP contribution in [0.2, 0.25) is 5.02 Å². The number of likely N-dealkylation sites (N-methyl/N-ethyl adjacent to an activating group) is 1. The number of nitrogens with one attached hydrogen (secondary N) is 1. The van der Waals surface area contributed by atoms with E-state index in [0.29, 0.717) is 11.2 Å². The Hall–Kier alpha value is -2.91. The van der Waals surface area contributed by atoms with Gasteiger partial charge in [-0.15, -0.1) is 5.10 Å². The first-order valence-electron chi connectivity index (χ1n) is 10.6. The Morgan fingerprint density at radius 2 is 2.12 bits per heavy atom. The third-order valence-electron chi connectivity index (χ3n) is 6.50. The zero-order valence-electron chi connectivity index (χ0n) is 17.9. The van der Waals surface area contributed by atoms with Gasteiger partial charge in [-0.25, -0.2) is 18.3 Å². The standard InChI is InChI=1S/C22H24ClFN6O2/c1-14(15-5-6-16(23)17(24)10-15)25-19(31)11-30-21(32)28-8-3-4-18(20(28)26-30)29-9-7-22(29)12-27(2)13-22/h3-6,8,10,14H,7,9,11-13H2,1-2H3,(H,25,31)/t14-/m0/s1. The van der Waals surface area contributed by atoms with E-state index >= 15 is 0 Å². The zero-order valence-corrected chi connectivity index (χ0v) is 18.6. The van der Waals surface area contributed by atoms with E-state index in [2.05, 4.69) is 27.3 Å². The van der Waals surface area contributed by atoms with Crippen molar-refractivity contribution in [3.8, 4) is 0 Å². The summed E-state index contributed by atoms with van der Waals surface area (Å²) in [6, 6.07) is 7.75. The van der Waals surface area contributed by atoms with Crippen LogP contribution in [0.25, 0.3) is 5.65 Å². The van der Waals surface area contributed by atoms with Crippen molar-refractivity contribution in [1.82, 2.24) is 24.4 Å². The molecule has 1 atom stereocenters. The van der Waals surface area contributed by atoms with Gasteiger partial charge in [-0.05, 0) is 50.2 Å². The van der Waals surface area contributed by atoms with Crippen molar-refractivity contribution in [2.75, 3.05) is 31.6 Å². The second kappa shape index (κ2) is 7.60. The molecular weight excluding hydrogens is 435 g/mol. The first-order chi connectivity index (χ1) is 15.3. The smallest absolute Gasteiger partial charge is 0.350 e. The van der Waals surface area contributed by atoms with Gasteiger partial charge in [-0.3, -0.25) is 4.79 Å². The number of anilines is 1. The monoisotopic (exact) mass is 458 g/mol. The minimum absolute atomic E-state index is 0.0249. The van der Waals surface area contributed by atoms with Gasteiger partial charge in [0, 0.05) is 25.8 Å². The molecule has 0 aliphatic carbocycles. The van der Waals surface area contributed by atoms with Gasteiger partial charge in [-0.2, -0.15) is 0 Å². The lowest BCUT2D eigenvalue weighted by Gasteiger charge is -2.62. The van der Waals surface area contributed by atoms with Crippen molar-refractivity contribution in [3.05, 3.63) is 63.4 Å². The number of benzene rings is 1. The first kappa shape index (κ1) is 21.0. The van der Waals surface area contributed by atoms with E-state index in [4.69, 9.17) is 11.6 Å². The topological polar surface area (TPSA) is 74.9 Å². The van der Waals surface area contributed by atoms with E-state index in [1.165, 1.54) is 21.2 Å². The summed E-state index contributed by atoms with van der Waals surface area (Å²) in [5.74, 6) is -0.934. The van der Waals surface area contributed by atoms with Gasteiger partial charge in [0.2, 0.25) is 5.91 Å². The van der Waals surface area contributed by atoms with Crippen molar-refractivity contribution in [3.63, 3.8) is 0 Å².